The largest absolute Gasteiger partial charge is 0.305 e. The Balaban J connectivity index is 2.17. The molecule has 2 heterocycles. The number of hydrogen-bond acceptors (Lipinski definition) is 3. The van der Waals surface area contributed by atoms with Gasteiger partial charge in [-0.2, -0.15) is 0 Å². The van der Waals surface area contributed by atoms with Gasteiger partial charge >= 0.3 is 0 Å². The Morgan fingerprint density at radius 2 is 2.21 bits per heavy atom. The molecule has 3 rings (SSSR count). The van der Waals surface area contributed by atoms with Gasteiger partial charge in [-0.3, -0.25) is 4.79 Å². The molecule has 1 atom stereocenters. The molecular weight excluding hydrogens is 254 g/mol. The summed E-state index contributed by atoms with van der Waals surface area (Å²) in [4.78, 5) is 12.8. The van der Waals surface area contributed by atoms with E-state index in [0.29, 0.717) is 0 Å². The number of benzene rings is 1. The molecule has 1 aromatic heterocycles. The van der Waals surface area contributed by atoms with Crippen LogP contribution in [0.5, 0.6) is 0 Å². The van der Waals surface area contributed by atoms with Gasteiger partial charge in [0.25, 0.3) is 0 Å². The maximum absolute atomic E-state index is 11.4. The van der Waals surface area contributed by atoms with Gasteiger partial charge < -0.3 is 5.32 Å². The zero-order chi connectivity index (χ0) is 13.4. The number of rotatable bonds is 2. The molecule has 0 bridgehead atoms. The summed E-state index contributed by atoms with van der Waals surface area (Å²) in [6.07, 6.45) is 2.07. The molecule has 0 spiro atoms. The van der Waals surface area contributed by atoms with Crippen molar-refractivity contribution in [2.24, 2.45) is 0 Å². The van der Waals surface area contributed by atoms with Crippen molar-refractivity contribution in [2.75, 3.05) is 6.54 Å². The quantitative estimate of drug-likeness (QED) is 0.848. The fraction of sp³-hybridized carbons (Fsp3) is 0.312. The summed E-state index contributed by atoms with van der Waals surface area (Å²) in [6, 6.07) is 6.52. The number of fused-ring (bicyclic) bond motifs is 1. The van der Waals surface area contributed by atoms with Gasteiger partial charge in [0.05, 0.1) is 6.04 Å². The Kier molecular flexibility index (Phi) is 3.25. The van der Waals surface area contributed by atoms with Crippen LogP contribution < -0.4 is 5.32 Å². The summed E-state index contributed by atoms with van der Waals surface area (Å²) < 4.78 is 0. The standard InChI is InChI=1S/C16H17NOS/c1-10-7-11(2)14(13(8-10)9-18)15-16-12(3-5-17-15)4-6-19-16/h4,6-9,15,17H,3,5H2,1-2H3. The van der Waals surface area contributed by atoms with Gasteiger partial charge in [0.15, 0.2) is 0 Å². The minimum absolute atomic E-state index is 0.171. The summed E-state index contributed by atoms with van der Waals surface area (Å²) in [5, 5.41) is 5.71. The average molecular weight is 271 g/mol. The molecule has 98 valence electrons. The molecule has 0 saturated carbocycles. The molecule has 1 aliphatic rings. The van der Waals surface area contributed by atoms with E-state index in [-0.39, 0.29) is 6.04 Å². The highest BCUT2D eigenvalue weighted by Crippen LogP contribution is 2.35. The van der Waals surface area contributed by atoms with Crippen LogP contribution in [0, 0.1) is 13.8 Å². The van der Waals surface area contributed by atoms with Crippen LogP contribution in [0.4, 0.5) is 0 Å². The fourth-order valence-electron chi connectivity index (χ4n) is 2.99. The number of carbonyl (C=O) groups excluding carboxylic acids is 1. The van der Waals surface area contributed by atoms with Crippen molar-refractivity contribution in [3.05, 3.63) is 56.3 Å². The third kappa shape index (κ3) is 2.13. The van der Waals surface area contributed by atoms with Crippen molar-refractivity contribution in [1.82, 2.24) is 5.32 Å². The SMILES string of the molecule is Cc1cc(C)c(C2NCCc3ccsc32)c(C=O)c1. The normalized spacial score (nSPS) is 18.1. The van der Waals surface area contributed by atoms with Crippen molar-refractivity contribution in [1.29, 1.82) is 0 Å². The van der Waals surface area contributed by atoms with Crippen LogP contribution in [0.2, 0.25) is 0 Å². The molecule has 3 heteroatoms. The fourth-order valence-corrected chi connectivity index (χ4v) is 4.03. The maximum atomic E-state index is 11.4. The van der Waals surface area contributed by atoms with Crippen LogP contribution in [0.1, 0.15) is 43.5 Å². The first-order valence-corrected chi connectivity index (χ1v) is 7.44. The van der Waals surface area contributed by atoms with E-state index < -0.39 is 0 Å². The van der Waals surface area contributed by atoms with Gasteiger partial charge in [-0.1, -0.05) is 11.6 Å². The van der Waals surface area contributed by atoms with E-state index in [4.69, 9.17) is 0 Å². The number of aldehydes is 1. The number of nitrogens with one attached hydrogen (secondary N) is 1. The van der Waals surface area contributed by atoms with E-state index in [9.17, 15) is 4.79 Å². The summed E-state index contributed by atoms with van der Waals surface area (Å²) in [7, 11) is 0. The highest BCUT2D eigenvalue weighted by Gasteiger charge is 2.25. The van der Waals surface area contributed by atoms with E-state index in [1.807, 2.05) is 13.0 Å². The van der Waals surface area contributed by atoms with E-state index >= 15 is 0 Å². The van der Waals surface area contributed by atoms with Gasteiger partial charge in [-0.05, 0) is 54.5 Å². The monoisotopic (exact) mass is 271 g/mol. The number of carbonyl (C=O) groups is 1. The lowest BCUT2D eigenvalue weighted by atomic mass is 9.90. The van der Waals surface area contributed by atoms with Crippen LogP contribution in [0.3, 0.4) is 0 Å². The van der Waals surface area contributed by atoms with Crippen LogP contribution >= 0.6 is 11.3 Å². The lowest BCUT2D eigenvalue weighted by Crippen LogP contribution is -2.30. The first kappa shape index (κ1) is 12.6. The van der Waals surface area contributed by atoms with Gasteiger partial charge in [0, 0.05) is 17.0 Å². The second-order valence-corrected chi connectivity index (χ2v) is 6.10. The third-order valence-electron chi connectivity index (χ3n) is 3.76. The molecule has 0 radical (unpaired) electrons. The topological polar surface area (TPSA) is 29.1 Å². The minimum Gasteiger partial charge on any atom is -0.305 e. The van der Waals surface area contributed by atoms with Crippen LogP contribution in [0.15, 0.2) is 23.6 Å². The maximum Gasteiger partial charge on any atom is 0.150 e. The van der Waals surface area contributed by atoms with Crippen molar-refractivity contribution in [3.63, 3.8) is 0 Å². The molecule has 2 nitrogen and oxygen atoms in total. The van der Waals surface area contributed by atoms with Crippen LogP contribution in [-0.4, -0.2) is 12.8 Å². The Morgan fingerprint density at radius 3 is 3.00 bits per heavy atom. The molecule has 0 saturated heterocycles. The van der Waals surface area contributed by atoms with E-state index in [2.05, 4.69) is 29.8 Å². The number of aryl methyl sites for hydroxylation is 2. The smallest absolute Gasteiger partial charge is 0.150 e. The Bertz CT molecular complexity index is 630. The van der Waals surface area contributed by atoms with Gasteiger partial charge in [0.2, 0.25) is 0 Å². The lowest BCUT2D eigenvalue weighted by Gasteiger charge is -2.27. The summed E-state index contributed by atoms with van der Waals surface area (Å²) in [6.45, 7) is 5.10. The molecule has 0 fully saturated rings. The zero-order valence-electron chi connectivity index (χ0n) is 11.2. The molecule has 1 unspecified atom stereocenters. The molecular formula is C16H17NOS. The van der Waals surface area contributed by atoms with Gasteiger partial charge in [-0.25, -0.2) is 0 Å². The lowest BCUT2D eigenvalue weighted by molar-refractivity contribution is 0.112. The van der Waals surface area contributed by atoms with E-state index in [1.165, 1.54) is 16.0 Å². The second kappa shape index (κ2) is 4.91. The summed E-state index contributed by atoms with van der Waals surface area (Å²) >= 11 is 1.78. The molecule has 0 amide bonds. The minimum atomic E-state index is 0.171. The number of hydrogen-bond donors (Lipinski definition) is 1. The highest BCUT2D eigenvalue weighted by molar-refractivity contribution is 7.10. The van der Waals surface area contributed by atoms with Gasteiger partial charge in [-0.15, -0.1) is 11.3 Å². The predicted octanol–water partition coefficient (Wildman–Crippen LogP) is 3.41. The average Bonchev–Trinajstić information content (AvgIpc) is 2.86. The zero-order valence-corrected chi connectivity index (χ0v) is 12.0. The van der Waals surface area contributed by atoms with Gasteiger partial charge in [0.1, 0.15) is 6.29 Å². The van der Waals surface area contributed by atoms with Crippen molar-refractivity contribution < 1.29 is 4.79 Å². The first-order chi connectivity index (χ1) is 9.20. The summed E-state index contributed by atoms with van der Waals surface area (Å²) in [5.41, 5.74) is 5.72. The predicted molar refractivity (Wildman–Crippen MR) is 79.2 cm³/mol. The van der Waals surface area contributed by atoms with E-state index in [0.717, 1.165) is 35.9 Å². The molecule has 1 N–H and O–H groups in total. The third-order valence-corrected chi connectivity index (χ3v) is 4.79. The van der Waals surface area contributed by atoms with Crippen LogP contribution in [0.25, 0.3) is 0 Å². The van der Waals surface area contributed by atoms with Crippen molar-refractivity contribution >= 4 is 17.6 Å². The molecule has 2 aromatic rings. The molecule has 19 heavy (non-hydrogen) atoms. The second-order valence-electron chi connectivity index (χ2n) is 5.15. The van der Waals surface area contributed by atoms with E-state index in [1.54, 1.807) is 11.3 Å². The molecule has 0 aliphatic carbocycles. The number of thiophene rings is 1. The Hall–Kier alpha value is -1.45. The van der Waals surface area contributed by atoms with Crippen molar-refractivity contribution in [2.45, 2.75) is 26.3 Å². The van der Waals surface area contributed by atoms with Crippen LogP contribution in [-0.2, 0) is 6.42 Å². The van der Waals surface area contributed by atoms with Crippen molar-refractivity contribution in [3.8, 4) is 0 Å². The Labute approximate surface area is 117 Å². The first-order valence-electron chi connectivity index (χ1n) is 6.56. The molecule has 1 aromatic carbocycles. The molecule has 1 aliphatic heterocycles. The summed E-state index contributed by atoms with van der Waals surface area (Å²) in [5.74, 6) is 0. The Morgan fingerprint density at radius 1 is 1.37 bits per heavy atom. The highest BCUT2D eigenvalue weighted by atomic mass is 32.1.